The van der Waals surface area contributed by atoms with Gasteiger partial charge >= 0.3 is 5.97 Å². The lowest BCUT2D eigenvalue weighted by Gasteiger charge is -2.06. The van der Waals surface area contributed by atoms with Crippen LogP contribution in [-0.2, 0) is 9.53 Å². The number of rotatable bonds is 7. The van der Waals surface area contributed by atoms with Gasteiger partial charge < -0.3 is 10.1 Å². The fourth-order valence-corrected chi connectivity index (χ4v) is 3.54. The molecular weight excluding hydrogens is 416 g/mol. The molecule has 156 valence electrons. The number of fused-ring (bicyclic) bond motifs is 1. The van der Waals surface area contributed by atoms with E-state index in [-0.39, 0.29) is 11.7 Å². The lowest BCUT2D eigenvalue weighted by molar-refractivity contribution is -0.113. The molecule has 10 heteroatoms. The normalized spacial score (nSPS) is 10.7. The van der Waals surface area contributed by atoms with Crippen LogP contribution in [0.2, 0.25) is 0 Å². The van der Waals surface area contributed by atoms with Crippen molar-refractivity contribution in [1.29, 1.82) is 0 Å². The molecule has 2 heterocycles. The molecule has 0 bridgehead atoms. The summed E-state index contributed by atoms with van der Waals surface area (Å²) >= 11 is 1.25. The monoisotopic (exact) mass is 434 g/mol. The van der Waals surface area contributed by atoms with Crippen molar-refractivity contribution >= 4 is 40.5 Å². The van der Waals surface area contributed by atoms with Crippen molar-refractivity contribution in [3.8, 4) is 5.69 Å². The summed E-state index contributed by atoms with van der Waals surface area (Å²) in [6.07, 6.45) is 1.43. The molecule has 1 N–H and O–H groups in total. The molecule has 0 atom stereocenters. The van der Waals surface area contributed by atoms with Crippen LogP contribution in [0.1, 0.15) is 17.3 Å². The third-order valence-corrected chi connectivity index (χ3v) is 5.20. The zero-order valence-electron chi connectivity index (χ0n) is 16.6. The van der Waals surface area contributed by atoms with E-state index in [4.69, 9.17) is 4.74 Å². The summed E-state index contributed by atoms with van der Waals surface area (Å²) in [7, 11) is 0. The van der Waals surface area contributed by atoms with Gasteiger partial charge in [0.15, 0.2) is 11.2 Å². The van der Waals surface area contributed by atoms with Gasteiger partial charge in [-0.2, -0.15) is 4.68 Å². The Labute approximate surface area is 181 Å². The van der Waals surface area contributed by atoms with Gasteiger partial charge in [0, 0.05) is 5.69 Å². The Balaban J connectivity index is 1.42. The van der Waals surface area contributed by atoms with Gasteiger partial charge in [-0.05, 0) is 43.3 Å². The van der Waals surface area contributed by atoms with Crippen molar-refractivity contribution in [2.45, 2.75) is 11.9 Å². The number of para-hydroxylation sites is 1. The number of hydrogen-bond acceptors (Lipinski definition) is 8. The van der Waals surface area contributed by atoms with Crippen LogP contribution in [0.15, 0.2) is 66.0 Å². The number of thioether (sulfide) groups is 1. The number of anilines is 1. The number of nitrogens with one attached hydrogen (secondary N) is 1. The van der Waals surface area contributed by atoms with E-state index in [1.165, 1.54) is 18.1 Å². The van der Waals surface area contributed by atoms with E-state index >= 15 is 0 Å². The third-order valence-electron chi connectivity index (χ3n) is 4.22. The number of nitrogens with zero attached hydrogens (tertiary/aromatic N) is 5. The predicted octanol–water partition coefficient (Wildman–Crippen LogP) is 3.12. The second-order valence-electron chi connectivity index (χ2n) is 6.32. The Morgan fingerprint density at radius 2 is 1.84 bits per heavy atom. The zero-order valence-corrected chi connectivity index (χ0v) is 17.4. The molecule has 1 amide bonds. The molecule has 0 radical (unpaired) electrons. The average Bonchev–Trinajstić information content (AvgIpc) is 3.24. The van der Waals surface area contributed by atoms with E-state index in [2.05, 4.69) is 25.6 Å². The van der Waals surface area contributed by atoms with Gasteiger partial charge in [0.05, 0.1) is 23.6 Å². The van der Waals surface area contributed by atoms with E-state index in [0.29, 0.717) is 34.0 Å². The van der Waals surface area contributed by atoms with Crippen molar-refractivity contribution in [3.05, 3.63) is 66.5 Å². The van der Waals surface area contributed by atoms with Crippen LogP contribution < -0.4 is 5.32 Å². The number of aromatic nitrogens is 5. The Kier molecular flexibility index (Phi) is 6.18. The number of ether oxygens (including phenoxy) is 1. The molecule has 0 unspecified atom stereocenters. The highest BCUT2D eigenvalue weighted by Crippen LogP contribution is 2.24. The molecule has 4 rings (SSSR count). The molecule has 9 nitrogen and oxygen atoms in total. The zero-order chi connectivity index (χ0) is 21.6. The van der Waals surface area contributed by atoms with Crippen LogP contribution >= 0.6 is 11.8 Å². The Bertz CT molecular complexity index is 1210. The first-order valence-electron chi connectivity index (χ1n) is 9.47. The predicted molar refractivity (Wildman–Crippen MR) is 116 cm³/mol. The number of benzene rings is 2. The summed E-state index contributed by atoms with van der Waals surface area (Å²) in [5, 5.41) is 11.7. The number of carbonyl (C=O) groups is 2. The quantitative estimate of drug-likeness (QED) is 0.268. The average molecular weight is 434 g/mol. The van der Waals surface area contributed by atoms with Gasteiger partial charge in [-0.15, -0.1) is 5.10 Å². The van der Waals surface area contributed by atoms with Crippen molar-refractivity contribution < 1.29 is 14.3 Å². The fourth-order valence-electron chi connectivity index (χ4n) is 2.81. The first kappa shape index (κ1) is 20.5. The maximum atomic E-state index is 12.4. The SMILES string of the molecule is CCOC(=O)c1ccc(NC(=O)CSc2ncnc3c2nnn3-c2ccccc2)cc1. The van der Waals surface area contributed by atoms with E-state index in [1.807, 2.05) is 30.3 Å². The maximum Gasteiger partial charge on any atom is 0.338 e. The Morgan fingerprint density at radius 3 is 2.58 bits per heavy atom. The molecule has 4 aromatic rings. The summed E-state index contributed by atoms with van der Waals surface area (Å²) in [5.41, 5.74) is 2.95. The van der Waals surface area contributed by atoms with Crippen molar-refractivity contribution in [2.75, 3.05) is 17.7 Å². The van der Waals surface area contributed by atoms with Crippen molar-refractivity contribution in [1.82, 2.24) is 25.0 Å². The molecule has 31 heavy (non-hydrogen) atoms. The van der Waals surface area contributed by atoms with Crippen molar-refractivity contribution in [3.63, 3.8) is 0 Å². The summed E-state index contributed by atoms with van der Waals surface area (Å²) in [6.45, 7) is 2.06. The fraction of sp³-hybridized carbons (Fsp3) is 0.143. The molecule has 0 aliphatic carbocycles. The number of carbonyl (C=O) groups excluding carboxylic acids is 2. The molecule has 2 aromatic heterocycles. The maximum absolute atomic E-state index is 12.4. The molecular formula is C21H18N6O3S. The molecule has 0 saturated heterocycles. The minimum Gasteiger partial charge on any atom is -0.462 e. The second-order valence-corrected chi connectivity index (χ2v) is 7.29. The first-order chi connectivity index (χ1) is 15.2. The van der Waals surface area contributed by atoms with Gasteiger partial charge in [-0.1, -0.05) is 35.2 Å². The molecule has 0 aliphatic rings. The topological polar surface area (TPSA) is 112 Å². The van der Waals surface area contributed by atoms with Crippen LogP contribution in [0, 0.1) is 0 Å². The van der Waals surface area contributed by atoms with Crippen LogP contribution in [0.25, 0.3) is 16.9 Å². The minimum atomic E-state index is -0.396. The summed E-state index contributed by atoms with van der Waals surface area (Å²) in [6, 6.07) is 16.1. The van der Waals surface area contributed by atoms with Gasteiger partial charge in [-0.3, -0.25) is 4.79 Å². The van der Waals surface area contributed by atoms with Gasteiger partial charge in [0.1, 0.15) is 11.4 Å². The standard InChI is InChI=1S/C21H18N6O3S/c1-2-30-21(29)14-8-10-15(11-9-14)24-17(28)12-31-20-18-19(22-13-23-20)27(26-25-18)16-6-4-3-5-7-16/h3-11,13H,2,12H2,1H3,(H,24,28). The highest BCUT2D eigenvalue weighted by molar-refractivity contribution is 8.00. The number of amides is 1. The molecule has 0 saturated carbocycles. The largest absolute Gasteiger partial charge is 0.462 e. The highest BCUT2D eigenvalue weighted by Gasteiger charge is 2.15. The Morgan fingerprint density at radius 1 is 1.06 bits per heavy atom. The second kappa shape index (κ2) is 9.35. The van der Waals surface area contributed by atoms with Gasteiger partial charge in [0.2, 0.25) is 5.91 Å². The van der Waals surface area contributed by atoms with E-state index in [9.17, 15) is 9.59 Å². The van der Waals surface area contributed by atoms with Gasteiger partial charge in [0.25, 0.3) is 0 Å². The number of esters is 1. The van der Waals surface area contributed by atoms with Crippen LogP contribution in [0.5, 0.6) is 0 Å². The first-order valence-corrected chi connectivity index (χ1v) is 10.5. The highest BCUT2D eigenvalue weighted by atomic mass is 32.2. The van der Waals surface area contributed by atoms with Gasteiger partial charge in [-0.25, -0.2) is 14.8 Å². The van der Waals surface area contributed by atoms with Crippen LogP contribution in [0.3, 0.4) is 0 Å². The molecule has 0 fully saturated rings. The lowest BCUT2D eigenvalue weighted by atomic mass is 10.2. The van der Waals surface area contributed by atoms with Crippen molar-refractivity contribution in [2.24, 2.45) is 0 Å². The Hall–Kier alpha value is -3.79. The summed E-state index contributed by atoms with van der Waals surface area (Å²) in [5.74, 6) is -0.479. The smallest absolute Gasteiger partial charge is 0.338 e. The molecule has 2 aromatic carbocycles. The van der Waals surface area contributed by atoms with E-state index < -0.39 is 5.97 Å². The third kappa shape index (κ3) is 4.69. The molecule has 0 spiro atoms. The number of hydrogen-bond donors (Lipinski definition) is 1. The summed E-state index contributed by atoms with van der Waals surface area (Å²) < 4.78 is 6.58. The molecule has 0 aliphatic heterocycles. The van der Waals surface area contributed by atoms with E-state index in [0.717, 1.165) is 5.69 Å². The van der Waals surface area contributed by atoms with Crippen LogP contribution in [-0.4, -0.2) is 49.2 Å². The minimum absolute atomic E-state index is 0.129. The van der Waals surface area contributed by atoms with E-state index in [1.54, 1.807) is 35.9 Å². The lowest BCUT2D eigenvalue weighted by Crippen LogP contribution is -2.14. The summed E-state index contributed by atoms with van der Waals surface area (Å²) in [4.78, 5) is 32.6. The van der Waals surface area contributed by atoms with Crippen LogP contribution in [0.4, 0.5) is 5.69 Å².